The average Bonchev–Trinajstić information content (AvgIpc) is 3.51. The first kappa shape index (κ1) is 27.7. The van der Waals surface area contributed by atoms with Crippen LogP contribution in [0.5, 0.6) is 0 Å². The standard InChI is InChI=1S/C32H42O8/c1-16-13-25(39-29(36)21(16)15-37-18(3)33)17(2)22-7-8-23-20-14-28-32(40-28)27(38-19(4)34)10-9-26(35)31(32,6)24(20)11-12-30(22,23)5/h9-10,17,20,22-25,27-28H,7-8,11-15H2,1-6H3/t17-,20?,22?,23?,24?,25?,27+,28+,30+,31-,32+/m0/s1. The molecule has 0 aromatic carbocycles. The van der Waals surface area contributed by atoms with Gasteiger partial charge in [0.15, 0.2) is 11.9 Å². The number of hydrogen-bond donors (Lipinski definition) is 0. The minimum absolute atomic E-state index is 0.0386. The molecule has 0 N–H and O–H groups in total. The zero-order chi connectivity index (χ0) is 28.8. The van der Waals surface area contributed by atoms with Gasteiger partial charge in [0.2, 0.25) is 0 Å². The molecule has 6 aliphatic rings. The SMILES string of the molecule is CC(=O)OCC1=C(C)CC([C@@H](C)C2CCC3C4C[C@H]5O[C@]56[C@H](OC(C)=O)C=CC(=O)[C@]6(C)C4CC[C@@]32C)OC1=O. The molecule has 0 aromatic rings. The van der Waals surface area contributed by atoms with Crippen LogP contribution in [0.25, 0.3) is 0 Å². The summed E-state index contributed by atoms with van der Waals surface area (Å²) in [5, 5.41) is 0. The molecule has 4 fully saturated rings. The van der Waals surface area contributed by atoms with E-state index < -0.39 is 23.1 Å². The van der Waals surface area contributed by atoms with Gasteiger partial charge in [0.1, 0.15) is 18.3 Å². The molecular formula is C32H42O8. The van der Waals surface area contributed by atoms with E-state index in [9.17, 15) is 19.2 Å². The summed E-state index contributed by atoms with van der Waals surface area (Å²) in [6, 6.07) is 0. The summed E-state index contributed by atoms with van der Waals surface area (Å²) in [5.74, 6) is 0.531. The van der Waals surface area contributed by atoms with Gasteiger partial charge in [-0.2, -0.15) is 0 Å². The Labute approximate surface area is 236 Å². The fraction of sp³-hybridized carbons (Fsp3) is 0.750. The van der Waals surface area contributed by atoms with Crippen LogP contribution in [-0.2, 0) is 38.1 Å². The Morgan fingerprint density at radius 3 is 2.52 bits per heavy atom. The molecule has 2 heterocycles. The van der Waals surface area contributed by atoms with E-state index in [1.54, 1.807) is 12.2 Å². The monoisotopic (exact) mass is 554 g/mol. The summed E-state index contributed by atoms with van der Waals surface area (Å²) in [6.45, 7) is 11.4. The number of ether oxygens (including phenoxy) is 4. The van der Waals surface area contributed by atoms with E-state index in [2.05, 4.69) is 20.8 Å². The first-order valence-electron chi connectivity index (χ1n) is 14.9. The molecule has 1 spiro atoms. The molecule has 4 aliphatic carbocycles. The molecule has 0 amide bonds. The predicted molar refractivity (Wildman–Crippen MR) is 144 cm³/mol. The lowest BCUT2D eigenvalue weighted by Gasteiger charge is -2.58. The van der Waals surface area contributed by atoms with Crippen LogP contribution in [0.3, 0.4) is 0 Å². The quantitative estimate of drug-likeness (QED) is 0.278. The van der Waals surface area contributed by atoms with Crippen molar-refractivity contribution in [1.29, 1.82) is 0 Å². The molecule has 2 aliphatic heterocycles. The number of cyclic esters (lactones) is 1. The minimum Gasteiger partial charge on any atom is -0.461 e. The zero-order valence-corrected chi connectivity index (χ0v) is 24.5. The maximum absolute atomic E-state index is 13.6. The van der Waals surface area contributed by atoms with E-state index in [4.69, 9.17) is 18.9 Å². The van der Waals surface area contributed by atoms with Gasteiger partial charge in [0, 0.05) is 20.3 Å². The number of ketones is 1. The summed E-state index contributed by atoms with van der Waals surface area (Å²) in [7, 11) is 0. The Hall–Kier alpha value is -2.48. The predicted octanol–water partition coefficient (Wildman–Crippen LogP) is 4.49. The Bertz CT molecular complexity index is 1220. The second-order valence-corrected chi connectivity index (χ2v) is 13.7. The van der Waals surface area contributed by atoms with Crippen molar-refractivity contribution in [2.75, 3.05) is 6.61 Å². The number of carbonyl (C=O) groups excluding carboxylic acids is 4. The third kappa shape index (κ3) is 3.73. The van der Waals surface area contributed by atoms with Crippen LogP contribution < -0.4 is 0 Å². The number of hydrogen-bond acceptors (Lipinski definition) is 8. The van der Waals surface area contributed by atoms with E-state index >= 15 is 0 Å². The smallest absolute Gasteiger partial charge is 0.337 e. The number of carbonyl (C=O) groups is 4. The lowest BCUT2D eigenvalue weighted by molar-refractivity contribution is -0.166. The largest absolute Gasteiger partial charge is 0.461 e. The van der Waals surface area contributed by atoms with Crippen LogP contribution in [0.15, 0.2) is 23.3 Å². The van der Waals surface area contributed by atoms with E-state index in [-0.39, 0.29) is 53.8 Å². The van der Waals surface area contributed by atoms with Crippen LogP contribution in [0.1, 0.15) is 80.1 Å². The summed E-state index contributed by atoms with van der Waals surface area (Å²) < 4.78 is 23.2. The maximum atomic E-state index is 13.6. The molecule has 0 aromatic heterocycles. The van der Waals surface area contributed by atoms with Crippen molar-refractivity contribution in [1.82, 2.24) is 0 Å². The Kier molecular flexibility index (Phi) is 6.41. The summed E-state index contributed by atoms with van der Waals surface area (Å²) >= 11 is 0. The molecule has 11 atom stereocenters. The van der Waals surface area contributed by atoms with Crippen molar-refractivity contribution in [2.24, 2.45) is 40.4 Å². The summed E-state index contributed by atoms with van der Waals surface area (Å²) in [4.78, 5) is 49.7. The molecule has 1 saturated heterocycles. The van der Waals surface area contributed by atoms with Gasteiger partial charge in [-0.1, -0.05) is 19.4 Å². The van der Waals surface area contributed by atoms with Crippen LogP contribution in [0.2, 0.25) is 0 Å². The van der Waals surface area contributed by atoms with Gasteiger partial charge in [-0.15, -0.1) is 0 Å². The summed E-state index contributed by atoms with van der Waals surface area (Å²) in [6.07, 6.45) is 8.18. The first-order chi connectivity index (χ1) is 18.8. The Balaban J connectivity index is 1.22. The van der Waals surface area contributed by atoms with Gasteiger partial charge in [-0.05, 0) is 93.1 Å². The molecular weight excluding hydrogens is 512 g/mol. The number of fused-ring (bicyclic) bond motifs is 4. The third-order valence-electron chi connectivity index (χ3n) is 12.1. The topological polar surface area (TPSA) is 108 Å². The Morgan fingerprint density at radius 2 is 1.85 bits per heavy atom. The van der Waals surface area contributed by atoms with Crippen LogP contribution in [0.4, 0.5) is 0 Å². The first-order valence-corrected chi connectivity index (χ1v) is 14.9. The van der Waals surface area contributed by atoms with Crippen molar-refractivity contribution >= 4 is 23.7 Å². The van der Waals surface area contributed by atoms with Gasteiger partial charge in [0.25, 0.3) is 0 Å². The molecule has 218 valence electrons. The van der Waals surface area contributed by atoms with Crippen LogP contribution >= 0.6 is 0 Å². The van der Waals surface area contributed by atoms with Gasteiger partial charge in [-0.25, -0.2) is 4.79 Å². The lowest BCUT2D eigenvalue weighted by Crippen LogP contribution is -2.64. The number of allylic oxidation sites excluding steroid dienone is 1. The van der Waals surface area contributed by atoms with Crippen molar-refractivity contribution in [3.05, 3.63) is 23.3 Å². The van der Waals surface area contributed by atoms with Crippen molar-refractivity contribution in [3.63, 3.8) is 0 Å². The van der Waals surface area contributed by atoms with E-state index in [0.717, 1.165) is 37.7 Å². The third-order valence-corrected chi connectivity index (χ3v) is 12.1. The van der Waals surface area contributed by atoms with E-state index in [0.29, 0.717) is 29.7 Å². The molecule has 8 nitrogen and oxygen atoms in total. The van der Waals surface area contributed by atoms with Crippen LogP contribution in [-0.4, -0.2) is 54.2 Å². The fourth-order valence-electron chi connectivity index (χ4n) is 10.1. The lowest BCUT2D eigenvalue weighted by atomic mass is 9.44. The number of rotatable bonds is 5. The molecule has 0 bridgehead atoms. The second kappa shape index (κ2) is 9.27. The second-order valence-electron chi connectivity index (χ2n) is 13.7. The average molecular weight is 555 g/mol. The number of epoxide rings is 1. The van der Waals surface area contributed by atoms with Crippen molar-refractivity contribution in [3.8, 4) is 0 Å². The highest BCUT2D eigenvalue weighted by Gasteiger charge is 2.81. The molecule has 40 heavy (non-hydrogen) atoms. The van der Waals surface area contributed by atoms with Crippen LogP contribution in [0, 0.1) is 40.4 Å². The molecule has 5 unspecified atom stereocenters. The van der Waals surface area contributed by atoms with Gasteiger partial charge < -0.3 is 18.9 Å². The zero-order valence-electron chi connectivity index (χ0n) is 24.5. The van der Waals surface area contributed by atoms with Crippen molar-refractivity contribution < 1.29 is 38.1 Å². The molecule has 8 heteroatoms. The summed E-state index contributed by atoms with van der Waals surface area (Å²) in [5.41, 5.74) is 0.0214. The fourth-order valence-corrected chi connectivity index (χ4v) is 10.1. The Morgan fingerprint density at radius 1 is 1.10 bits per heavy atom. The highest BCUT2D eigenvalue weighted by Crippen LogP contribution is 2.73. The minimum atomic E-state index is -0.741. The molecule has 6 rings (SSSR count). The van der Waals surface area contributed by atoms with E-state index in [1.807, 2.05) is 6.92 Å². The highest BCUT2D eigenvalue weighted by atomic mass is 16.7. The van der Waals surface area contributed by atoms with Gasteiger partial charge in [0.05, 0.1) is 17.1 Å². The van der Waals surface area contributed by atoms with E-state index in [1.165, 1.54) is 13.8 Å². The maximum Gasteiger partial charge on any atom is 0.337 e. The number of esters is 3. The molecule has 0 radical (unpaired) electrons. The molecule has 3 saturated carbocycles. The normalized spacial score (nSPS) is 45.9. The highest BCUT2D eigenvalue weighted by molar-refractivity contribution is 5.98. The van der Waals surface area contributed by atoms with Gasteiger partial charge in [-0.3, -0.25) is 14.4 Å². The van der Waals surface area contributed by atoms with Crippen molar-refractivity contribution in [2.45, 2.75) is 104 Å². The van der Waals surface area contributed by atoms with Gasteiger partial charge >= 0.3 is 17.9 Å².